The number of aliphatic hydroxyl groups is 1. The fourth-order valence-electron chi connectivity index (χ4n) is 4.29. The standard InChI is InChI=1S/C19H23N3O5/c23-11-12-9-15-16(10-12)27-8-7-21(15)18(25)13-3-1-2-4-14(13)22-6-5-17(24)20-19(22)26/h1-4,12,15-16,23H,5-11H2,(H,20,24,26)/t12-,15+,16+/m1/s1. The Balaban J connectivity index is 1.61. The number of ether oxygens (including phenoxy) is 1. The molecule has 1 saturated carbocycles. The number of hydrogen-bond acceptors (Lipinski definition) is 5. The lowest BCUT2D eigenvalue weighted by Crippen LogP contribution is -2.52. The van der Waals surface area contributed by atoms with E-state index >= 15 is 0 Å². The molecule has 0 bridgehead atoms. The molecule has 3 atom stereocenters. The van der Waals surface area contributed by atoms with Crippen molar-refractivity contribution >= 4 is 23.5 Å². The smallest absolute Gasteiger partial charge is 0.328 e. The van der Waals surface area contributed by atoms with Crippen molar-refractivity contribution in [3.8, 4) is 0 Å². The molecule has 2 saturated heterocycles. The summed E-state index contributed by atoms with van der Waals surface area (Å²) in [6.45, 7) is 1.29. The number of imide groups is 1. The molecule has 2 N–H and O–H groups in total. The number of carbonyl (C=O) groups excluding carboxylic acids is 3. The number of carbonyl (C=O) groups is 3. The maximum atomic E-state index is 13.4. The van der Waals surface area contributed by atoms with Gasteiger partial charge >= 0.3 is 6.03 Å². The van der Waals surface area contributed by atoms with Crippen molar-refractivity contribution in [2.24, 2.45) is 5.92 Å². The summed E-state index contributed by atoms with van der Waals surface area (Å²) in [7, 11) is 0. The van der Waals surface area contributed by atoms with Gasteiger partial charge in [-0.15, -0.1) is 0 Å². The summed E-state index contributed by atoms with van der Waals surface area (Å²) in [4.78, 5) is 40.3. The van der Waals surface area contributed by atoms with E-state index < -0.39 is 6.03 Å². The molecule has 0 aromatic heterocycles. The summed E-state index contributed by atoms with van der Waals surface area (Å²) in [6.07, 6.45) is 1.62. The SMILES string of the molecule is O=C1CCN(c2ccccc2C(=O)N2CCO[C@H]3C[C@H](CO)C[C@@H]32)C(=O)N1. The molecule has 1 aromatic carbocycles. The van der Waals surface area contributed by atoms with Crippen molar-refractivity contribution in [1.29, 1.82) is 0 Å². The highest BCUT2D eigenvalue weighted by Gasteiger charge is 2.43. The van der Waals surface area contributed by atoms with E-state index in [1.54, 1.807) is 24.3 Å². The summed E-state index contributed by atoms with van der Waals surface area (Å²) in [6, 6.07) is 6.42. The maximum absolute atomic E-state index is 13.4. The number of nitrogens with one attached hydrogen (secondary N) is 1. The van der Waals surface area contributed by atoms with E-state index in [2.05, 4.69) is 5.32 Å². The largest absolute Gasteiger partial charge is 0.396 e. The van der Waals surface area contributed by atoms with Crippen LogP contribution < -0.4 is 10.2 Å². The van der Waals surface area contributed by atoms with Crippen molar-refractivity contribution in [2.45, 2.75) is 31.4 Å². The zero-order valence-electron chi connectivity index (χ0n) is 15.0. The zero-order valence-corrected chi connectivity index (χ0v) is 15.0. The number of hydrogen-bond donors (Lipinski definition) is 2. The van der Waals surface area contributed by atoms with Gasteiger partial charge in [0.1, 0.15) is 0 Å². The molecule has 4 rings (SSSR count). The summed E-state index contributed by atoms with van der Waals surface area (Å²) in [5.74, 6) is -0.313. The lowest BCUT2D eigenvalue weighted by molar-refractivity contribution is -0.120. The van der Waals surface area contributed by atoms with Crippen LogP contribution in [-0.2, 0) is 9.53 Å². The monoisotopic (exact) mass is 373 g/mol. The number of nitrogens with zero attached hydrogens (tertiary/aromatic N) is 2. The Morgan fingerprint density at radius 2 is 2.04 bits per heavy atom. The van der Waals surface area contributed by atoms with Gasteiger partial charge in [-0.25, -0.2) is 4.79 Å². The fraction of sp³-hybridized carbons (Fsp3) is 0.526. The first kappa shape index (κ1) is 17.9. The molecule has 1 aliphatic carbocycles. The van der Waals surface area contributed by atoms with Gasteiger partial charge in [-0.2, -0.15) is 0 Å². The van der Waals surface area contributed by atoms with E-state index in [1.165, 1.54) is 4.90 Å². The number of fused-ring (bicyclic) bond motifs is 1. The zero-order chi connectivity index (χ0) is 19.0. The number of anilines is 1. The van der Waals surface area contributed by atoms with Gasteiger partial charge in [-0.3, -0.25) is 19.8 Å². The molecule has 2 heterocycles. The molecule has 3 fully saturated rings. The molecule has 1 aromatic rings. The van der Waals surface area contributed by atoms with Crippen LogP contribution in [0.25, 0.3) is 0 Å². The molecule has 8 heteroatoms. The van der Waals surface area contributed by atoms with Gasteiger partial charge in [0.05, 0.1) is 30.0 Å². The minimum atomic E-state index is -0.507. The molecule has 27 heavy (non-hydrogen) atoms. The summed E-state index contributed by atoms with van der Waals surface area (Å²) in [5, 5.41) is 11.8. The molecular weight excluding hydrogens is 350 g/mol. The van der Waals surface area contributed by atoms with Gasteiger partial charge in [-0.1, -0.05) is 12.1 Å². The second kappa shape index (κ2) is 7.28. The lowest BCUT2D eigenvalue weighted by Gasteiger charge is -2.38. The number of morpholine rings is 1. The normalized spacial score (nSPS) is 28.1. The van der Waals surface area contributed by atoms with Crippen LogP contribution in [0, 0.1) is 5.92 Å². The van der Waals surface area contributed by atoms with Crippen LogP contribution in [0.3, 0.4) is 0 Å². The van der Waals surface area contributed by atoms with Crippen LogP contribution in [0.2, 0.25) is 0 Å². The van der Waals surface area contributed by atoms with E-state index in [9.17, 15) is 19.5 Å². The van der Waals surface area contributed by atoms with Gasteiger partial charge in [0.2, 0.25) is 5.91 Å². The van der Waals surface area contributed by atoms with Crippen molar-refractivity contribution in [2.75, 3.05) is 31.2 Å². The Hall–Kier alpha value is -2.45. The molecular formula is C19H23N3O5. The quantitative estimate of drug-likeness (QED) is 0.814. The topological polar surface area (TPSA) is 99.2 Å². The third kappa shape index (κ3) is 3.30. The van der Waals surface area contributed by atoms with Gasteiger partial charge in [0.15, 0.2) is 0 Å². The van der Waals surface area contributed by atoms with E-state index in [4.69, 9.17) is 4.74 Å². The van der Waals surface area contributed by atoms with Crippen molar-refractivity contribution in [3.63, 3.8) is 0 Å². The minimum Gasteiger partial charge on any atom is -0.396 e. The van der Waals surface area contributed by atoms with Crippen LogP contribution in [0.15, 0.2) is 24.3 Å². The van der Waals surface area contributed by atoms with Gasteiger partial charge in [-0.05, 0) is 30.9 Å². The second-order valence-electron chi connectivity index (χ2n) is 7.27. The summed E-state index contributed by atoms with van der Waals surface area (Å²) < 4.78 is 5.81. The van der Waals surface area contributed by atoms with Crippen molar-refractivity contribution in [3.05, 3.63) is 29.8 Å². The molecule has 4 amide bonds. The van der Waals surface area contributed by atoms with Crippen LogP contribution in [0.1, 0.15) is 29.6 Å². The number of rotatable bonds is 3. The Kier molecular flexibility index (Phi) is 4.84. The Morgan fingerprint density at radius 3 is 2.81 bits per heavy atom. The van der Waals surface area contributed by atoms with E-state index in [0.29, 0.717) is 30.8 Å². The highest BCUT2D eigenvalue weighted by molar-refractivity contribution is 6.09. The maximum Gasteiger partial charge on any atom is 0.328 e. The minimum absolute atomic E-state index is 0.0529. The fourth-order valence-corrected chi connectivity index (χ4v) is 4.29. The third-order valence-corrected chi connectivity index (χ3v) is 5.63. The third-order valence-electron chi connectivity index (χ3n) is 5.63. The summed E-state index contributed by atoms with van der Waals surface area (Å²) >= 11 is 0. The number of urea groups is 1. The number of aliphatic hydroxyl groups excluding tert-OH is 1. The predicted molar refractivity (Wildman–Crippen MR) is 96.3 cm³/mol. The first-order valence-electron chi connectivity index (χ1n) is 9.32. The van der Waals surface area contributed by atoms with Crippen LogP contribution in [0.4, 0.5) is 10.5 Å². The summed E-state index contributed by atoms with van der Waals surface area (Å²) in [5.41, 5.74) is 0.947. The molecule has 0 unspecified atom stereocenters. The van der Waals surface area contributed by atoms with Crippen molar-refractivity contribution < 1.29 is 24.2 Å². The molecule has 144 valence electrons. The molecule has 8 nitrogen and oxygen atoms in total. The van der Waals surface area contributed by atoms with E-state index in [-0.39, 0.29) is 49.5 Å². The highest BCUT2D eigenvalue weighted by atomic mass is 16.5. The number of amides is 4. The lowest BCUT2D eigenvalue weighted by atomic mass is 10.1. The van der Waals surface area contributed by atoms with Gasteiger partial charge < -0.3 is 14.7 Å². The average Bonchev–Trinajstić information content (AvgIpc) is 3.11. The average molecular weight is 373 g/mol. The molecule has 0 radical (unpaired) electrons. The first-order valence-corrected chi connectivity index (χ1v) is 9.32. The van der Waals surface area contributed by atoms with Crippen molar-refractivity contribution in [1.82, 2.24) is 10.2 Å². The highest BCUT2D eigenvalue weighted by Crippen LogP contribution is 2.35. The van der Waals surface area contributed by atoms with Crippen LogP contribution in [-0.4, -0.2) is 66.3 Å². The van der Waals surface area contributed by atoms with Crippen LogP contribution in [0.5, 0.6) is 0 Å². The first-order chi connectivity index (χ1) is 13.1. The predicted octanol–water partition coefficient (Wildman–Crippen LogP) is 0.745. The van der Waals surface area contributed by atoms with Gasteiger partial charge in [0, 0.05) is 26.1 Å². The molecule has 3 aliphatic rings. The Bertz CT molecular complexity index is 767. The van der Waals surface area contributed by atoms with E-state index in [0.717, 1.165) is 6.42 Å². The molecule has 2 aliphatic heterocycles. The molecule has 0 spiro atoms. The Labute approximate surface area is 157 Å². The van der Waals surface area contributed by atoms with Crippen LogP contribution >= 0.6 is 0 Å². The number of benzene rings is 1. The van der Waals surface area contributed by atoms with E-state index in [1.807, 2.05) is 4.90 Å². The second-order valence-corrected chi connectivity index (χ2v) is 7.27. The Morgan fingerprint density at radius 1 is 1.22 bits per heavy atom. The number of para-hydroxylation sites is 1. The van der Waals surface area contributed by atoms with Gasteiger partial charge in [0.25, 0.3) is 5.91 Å².